The monoisotopic (exact) mass is 476 g/mol. The quantitative estimate of drug-likeness (QED) is 0.135. The molecule has 0 radical (unpaired) electrons. The molecule has 2 saturated carbocycles. The Morgan fingerprint density at radius 3 is 2.60 bits per heavy atom. The van der Waals surface area contributed by atoms with Crippen LogP contribution in [0.15, 0.2) is 59.4 Å². The second-order valence-electron chi connectivity index (χ2n) is 9.12. The van der Waals surface area contributed by atoms with Crippen LogP contribution in [-0.2, 0) is 4.79 Å². The Morgan fingerprint density at radius 1 is 1.23 bits per heavy atom. The number of aliphatic imine (C=N–C) groups is 2. The van der Waals surface area contributed by atoms with Gasteiger partial charge in [0.05, 0.1) is 0 Å². The first-order chi connectivity index (χ1) is 16.9. The van der Waals surface area contributed by atoms with Gasteiger partial charge in [-0.05, 0) is 81.6 Å². The van der Waals surface area contributed by atoms with Gasteiger partial charge in [-0.15, -0.1) is 0 Å². The average Bonchev–Trinajstić information content (AvgIpc) is 3.78. The summed E-state index contributed by atoms with van der Waals surface area (Å²) in [5.74, 6) is 0.514. The second kappa shape index (κ2) is 12.1. The van der Waals surface area contributed by atoms with E-state index in [0.29, 0.717) is 30.5 Å². The highest BCUT2D eigenvalue weighted by molar-refractivity contribution is 5.96. The smallest absolute Gasteiger partial charge is 0.251 e. The molecule has 0 spiro atoms. The van der Waals surface area contributed by atoms with Gasteiger partial charge < -0.3 is 21.3 Å². The number of aryl methyl sites for hydroxylation is 1. The van der Waals surface area contributed by atoms with Gasteiger partial charge in [0.2, 0.25) is 5.91 Å². The van der Waals surface area contributed by atoms with Gasteiger partial charge in [0.15, 0.2) is 0 Å². The van der Waals surface area contributed by atoms with Crippen LogP contribution in [-0.4, -0.2) is 49.5 Å². The van der Waals surface area contributed by atoms with E-state index in [9.17, 15) is 9.59 Å². The van der Waals surface area contributed by atoms with Gasteiger partial charge in [-0.25, -0.2) is 4.99 Å². The summed E-state index contributed by atoms with van der Waals surface area (Å²) < 4.78 is 0. The summed E-state index contributed by atoms with van der Waals surface area (Å²) in [6, 6.07) is 6.16. The lowest BCUT2D eigenvalue weighted by Gasteiger charge is -2.22. The molecule has 186 valence electrons. The fourth-order valence-corrected chi connectivity index (χ4v) is 3.93. The molecule has 0 atom stereocenters. The van der Waals surface area contributed by atoms with Crippen molar-refractivity contribution in [1.82, 2.24) is 21.3 Å². The highest BCUT2D eigenvalue weighted by atomic mass is 16.2. The summed E-state index contributed by atoms with van der Waals surface area (Å²) >= 11 is 0. The maximum absolute atomic E-state index is 12.6. The number of amides is 2. The minimum Gasteiger partial charge on any atom is -0.387 e. The Morgan fingerprint density at radius 2 is 2.00 bits per heavy atom. The maximum atomic E-state index is 12.6. The van der Waals surface area contributed by atoms with Crippen LogP contribution in [0.2, 0.25) is 0 Å². The van der Waals surface area contributed by atoms with Crippen molar-refractivity contribution in [1.29, 1.82) is 0 Å². The number of carbonyl (C=O) groups excluding carboxylic acids is 2. The van der Waals surface area contributed by atoms with Gasteiger partial charge in [-0.2, -0.15) is 0 Å². The molecule has 0 aliphatic heterocycles. The predicted molar refractivity (Wildman–Crippen MR) is 142 cm³/mol. The van der Waals surface area contributed by atoms with E-state index in [4.69, 9.17) is 0 Å². The van der Waals surface area contributed by atoms with Gasteiger partial charge in [0.1, 0.15) is 12.2 Å². The van der Waals surface area contributed by atoms with Crippen molar-refractivity contribution >= 4 is 30.4 Å². The van der Waals surface area contributed by atoms with Crippen molar-refractivity contribution in [3.63, 3.8) is 0 Å². The first-order valence-electron chi connectivity index (χ1n) is 12.1. The Bertz CT molecular complexity index is 1030. The highest BCUT2D eigenvalue weighted by Crippen LogP contribution is 2.41. The Kier molecular flexibility index (Phi) is 9.00. The van der Waals surface area contributed by atoms with Gasteiger partial charge in [0, 0.05) is 35.8 Å². The zero-order valence-corrected chi connectivity index (χ0v) is 20.5. The zero-order valence-electron chi connectivity index (χ0n) is 20.5. The molecule has 2 amide bonds. The first kappa shape index (κ1) is 25.9. The van der Waals surface area contributed by atoms with Crippen molar-refractivity contribution in [3.05, 3.63) is 66.1 Å². The van der Waals surface area contributed by atoms with E-state index in [1.165, 1.54) is 12.4 Å². The topological polar surface area (TPSA) is 107 Å². The van der Waals surface area contributed by atoms with Crippen LogP contribution >= 0.6 is 0 Å². The van der Waals surface area contributed by atoms with Crippen LogP contribution in [0.25, 0.3) is 5.57 Å². The van der Waals surface area contributed by atoms with Crippen molar-refractivity contribution in [2.24, 2.45) is 9.98 Å². The summed E-state index contributed by atoms with van der Waals surface area (Å²) in [6.45, 7) is 13.8. The second-order valence-corrected chi connectivity index (χ2v) is 9.12. The molecular weight excluding hydrogens is 440 g/mol. The van der Waals surface area contributed by atoms with E-state index < -0.39 is 0 Å². The van der Waals surface area contributed by atoms with Crippen molar-refractivity contribution in [2.45, 2.75) is 57.0 Å². The third-order valence-corrected chi connectivity index (χ3v) is 6.26. The van der Waals surface area contributed by atoms with E-state index >= 15 is 0 Å². The molecule has 3 rings (SSSR count). The van der Waals surface area contributed by atoms with E-state index in [1.807, 2.05) is 25.1 Å². The molecule has 2 aliphatic carbocycles. The Labute approximate surface area is 207 Å². The fourth-order valence-electron chi connectivity index (χ4n) is 3.93. The van der Waals surface area contributed by atoms with Crippen LogP contribution in [0.3, 0.4) is 0 Å². The Balaban J connectivity index is 1.84. The number of nitrogens with one attached hydrogen (secondary N) is 4. The maximum Gasteiger partial charge on any atom is 0.251 e. The molecule has 0 bridgehead atoms. The van der Waals surface area contributed by atoms with Gasteiger partial charge >= 0.3 is 0 Å². The summed E-state index contributed by atoms with van der Waals surface area (Å²) in [4.78, 5) is 32.4. The SMILES string of the molecule is C=CNC/C(=C(\N=CN=C)NC1(CCCNC(=O)C=C)CC1)c1ccc(C(=O)NC2CC2)c(C)c1. The number of rotatable bonds is 15. The zero-order chi connectivity index (χ0) is 25.3. The largest absolute Gasteiger partial charge is 0.387 e. The molecule has 8 heteroatoms. The molecule has 4 N–H and O–H groups in total. The molecule has 2 fully saturated rings. The third kappa shape index (κ3) is 7.67. The summed E-state index contributed by atoms with van der Waals surface area (Å²) in [5, 5.41) is 12.7. The molecule has 2 aliphatic rings. The van der Waals surface area contributed by atoms with Crippen molar-refractivity contribution in [3.8, 4) is 0 Å². The van der Waals surface area contributed by atoms with Crippen LogP contribution in [0.1, 0.15) is 60.0 Å². The molecular formula is C27H36N6O2. The van der Waals surface area contributed by atoms with Crippen molar-refractivity contribution in [2.75, 3.05) is 13.1 Å². The van der Waals surface area contributed by atoms with E-state index in [2.05, 4.69) is 51.1 Å². The number of carbonyl (C=O) groups is 2. The lowest BCUT2D eigenvalue weighted by atomic mass is 9.98. The number of benzene rings is 1. The van der Waals surface area contributed by atoms with Gasteiger partial charge in [-0.1, -0.05) is 25.3 Å². The minimum absolute atomic E-state index is 0.0287. The van der Waals surface area contributed by atoms with Gasteiger partial charge in [-0.3, -0.25) is 14.6 Å². The molecule has 1 aromatic carbocycles. The third-order valence-electron chi connectivity index (χ3n) is 6.26. The molecule has 8 nitrogen and oxygen atoms in total. The minimum atomic E-state index is -0.160. The van der Waals surface area contributed by atoms with E-state index in [1.54, 1.807) is 6.20 Å². The molecule has 0 unspecified atom stereocenters. The summed E-state index contributed by atoms with van der Waals surface area (Å²) in [7, 11) is 0. The fraction of sp³-hybridized carbons (Fsp3) is 0.407. The number of hydrogen-bond donors (Lipinski definition) is 4. The lowest BCUT2D eigenvalue weighted by Crippen LogP contribution is -2.33. The van der Waals surface area contributed by atoms with Gasteiger partial charge in [0.25, 0.3) is 5.91 Å². The first-order valence-corrected chi connectivity index (χ1v) is 12.1. The predicted octanol–water partition coefficient (Wildman–Crippen LogP) is 3.22. The summed E-state index contributed by atoms with van der Waals surface area (Å²) in [6.07, 6.45) is 10.2. The standard InChI is InChI=1S/C27H36N6O2/c1-5-24(34)30-15-7-12-27(13-14-27)33-25(31-18-28-4)23(17-29-6-2)20-8-11-22(19(3)16-20)26(35)32-21-9-10-21/h5-6,8,11,16,18,21,29,33H,1-2,4,7,9-10,12-15,17H2,3H3,(H,30,34)(H,32,35)/b25-23-,31-18?. The number of hydrogen-bond acceptors (Lipinski definition) is 5. The highest BCUT2D eigenvalue weighted by Gasteiger charge is 2.42. The molecule has 0 aromatic heterocycles. The van der Waals surface area contributed by atoms with Crippen LogP contribution in [0, 0.1) is 6.92 Å². The van der Waals surface area contributed by atoms with Crippen LogP contribution in [0.4, 0.5) is 0 Å². The normalized spacial score (nSPS) is 16.6. The van der Waals surface area contributed by atoms with Crippen molar-refractivity contribution < 1.29 is 9.59 Å². The lowest BCUT2D eigenvalue weighted by molar-refractivity contribution is -0.116. The summed E-state index contributed by atoms with van der Waals surface area (Å²) in [5.41, 5.74) is 3.40. The van der Waals surface area contributed by atoms with Crippen LogP contribution in [0.5, 0.6) is 0 Å². The molecule has 0 heterocycles. The van der Waals surface area contributed by atoms with E-state index in [0.717, 1.165) is 55.2 Å². The van der Waals surface area contributed by atoms with E-state index in [-0.39, 0.29) is 17.4 Å². The molecule has 0 saturated heterocycles. The Hall–Kier alpha value is -3.68. The molecule has 35 heavy (non-hydrogen) atoms. The van der Waals surface area contributed by atoms with Crippen LogP contribution < -0.4 is 21.3 Å². The molecule has 1 aromatic rings. The average molecular weight is 477 g/mol. The number of nitrogens with zero attached hydrogens (tertiary/aromatic N) is 2.